The first-order valence-electron chi connectivity index (χ1n) is 4.43. The topological polar surface area (TPSA) is 75.6 Å². The van der Waals surface area contributed by atoms with Crippen molar-refractivity contribution in [3.8, 4) is 0 Å². The second kappa shape index (κ2) is 5.59. The van der Waals surface area contributed by atoms with Crippen LogP contribution in [0.5, 0.6) is 0 Å². The number of ether oxygens (including phenoxy) is 1. The number of carboxylic acid groups (broad SMARTS) is 1. The van der Waals surface area contributed by atoms with E-state index < -0.39 is 11.5 Å². The van der Waals surface area contributed by atoms with Crippen molar-refractivity contribution in [2.45, 2.75) is 32.2 Å². The van der Waals surface area contributed by atoms with E-state index in [-0.39, 0.29) is 12.3 Å². The lowest BCUT2D eigenvalue weighted by Crippen LogP contribution is -2.49. The average molecular weight is 203 g/mol. The molecule has 0 heterocycles. The molecule has 0 aliphatic heterocycles. The van der Waals surface area contributed by atoms with Crippen molar-refractivity contribution >= 4 is 11.9 Å². The number of aliphatic carboxylic acids is 1. The predicted molar refractivity (Wildman–Crippen MR) is 51.0 cm³/mol. The number of nitrogens with one attached hydrogen (secondary N) is 1. The summed E-state index contributed by atoms with van der Waals surface area (Å²) in [6, 6.07) is 0. The monoisotopic (exact) mass is 203 g/mol. The molecule has 5 heteroatoms. The fourth-order valence-electron chi connectivity index (χ4n) is 0.842. The van der Waals surface area contributed by atoms with Gasteiger partial charge >= 0.3 is 5.97 Å². The van der Waals surface area contributed by atoms with Gasteiger partial charge in [0.2, 0.25) is 5.91 Å². The van der Waals surface area contributed by atoms with E-state index in [4.69, 9.17) is 9.84 Å². The van der Waals surface area contributed by atoms with Crippen LogP contribution in [0.3, 0.4) is 0 Å². The molecule has 0 aromatic carbocycles. The van der Waals surface area contributed by atoms with Gasteiger partial charge in [-0.15, -0.1) is 0 Å². The molecule has 0 atom stereocenters. The minimum absolute atomic E-state index is 0.269. The number of hydrogen-bond acceptors (Lipinski definition) is 3. The maximum atomic E-state index is 11.2. The van der Waals surface area contributed by atoms with Crippen molar-refractivity contribution in [1.29, 1.82) is 0 Å². The van der Waals surface area contributed by atoms with Crippen LogP contribution in [0, 0.1) is 0 Å². The van der Waals surface area contributed by atoms with E-state index in [2.05, 4.69) is 5.32 Å². The lowest BCUT2D eigenvalue weighted by atomic mass is 10.1. The average Bonchev–Trinajstić information content (AvgIpc) is 2.03. The maximum absolute atomic E-state index is 11.2. The van der Waals surface area contributed by atoms with Crippen molar-refractivity contribution in [2.24, 2.45) is 0 Å². The molecule has 14 heavy (non-hydrogen) atoms. The third-order valence-corrected chi connectivity index (χ3v) is 1.74. The van der Waals surface area contributed by atoms with E-state index in [0.29, 0.717) is 13.0 Å². The van der Waals surface area contributed by atoms with Gasteiger partial charge in [0, 0.05) is 20.1 Å². The van der Waals surface area contributed by atoms with Gasteiger partial charge in [-0.2, -0.15) is 0 Å². The van der Waals surface area contributed by atoms with E-state index in [1.54, 1.807) is 7.11 Å². The highest BCUT2D eigenvalue weighted by atomic mass is 16.5. The molecule has 0 aromatic rings. The van der Waals surface area contributed by atoms with Crippen LogP contribution in [-0.2, 0) is 14.3 Å². The van der Waals surface area contributed by atoms with Crippen LogP contribution in [0.1, 0.15) is 26.7 Å². The summed E-state index contributed by atoms with van der Waals surface area (Å²) in [6.07, 6.45) is 0.878. The first-order chi connectivity index (χ1) is 6.40. The fourth-order valence-corrected chi connectivity index (χ4v) is 0.842. The lowest BCUT2D eigenvalue weighted by molar-refractivity contribution is -0.146. The third-order valence-electron chi connectivity index (χ3n) is 1.74. The Morgan fingerprint density at radius 3 is 2.43 bits per heavy atom. The van der Waals surface area contributed by atoms with Crippen molar-refractivity contribution in [3.05, 3.63) is 0 Å². The van der Waals surface area contributed by atoms with Crippen LogP contribution in [0.25, 0.3) is 0 Å². The molecule has 5 nitrogen and oxygen atoms in total. The highest BCUT2D eigenvalue weighted by Crippen LogP contribution is 2.02. The molecule has 1 amide bonds. The third kappa shape index (κ3) is 4.81. The molecule has 0 fully saturated rings. The number of rotatable bonds is 6. The second-order valence-corrected chi connectivity index (χ2v) is 3.57. The van der Waals surface area contributed by atoms with Crippen molar-refractivity contribution in [1.82, 2.24) is 5.32 Å². The number of carbonyl (C=O) groups is 2. The zero-order valence-electron chi connectivity index (χ0n) is 8.79. The Balaban J connectivity index is 3.88. The Kier molecular flexibility index (Phi) is 5.15. The van der Waals surface area contributed by atoms with Gasteiger partial charge in [0.1, 0.15) is 5.54 Å². The van der Waals surface area contributed by atoms with Crippen LogP contribution in [0.15, 0.2) is 0 Å². The van der Waals surface area contributed by atoms with Crippen LogP contribution >= 0.6 is 0 Å². The SMILES string of the molecule is COCCCC(=O)NC(C)(C)C(=O)O. The second-order valence-electron chi connectivity index (χ2n) is 3.57. The largest absolute Gasteiger partial charge is 0.480 e. The lowest BCUT2D eigenvalue weighted by Gasteiger charge is -2.20. The van der Waals surface area contributed by atoms with Gasteiger partial charge in [-0.3, -0.25) is 4.79 Å². The predicted octanol–water partition coefficient (Wildman–Crippen LogP) is 0.392. The van der Waals surface area contributed by atoms with Gasteiger partial charge in [0.05, 0.1) is 0 Å². The summed E-state index contributed by atoms with van der Waals surface area (Å²) in [5, 5.41) is 11.1. The Labute approximate surface area is 83.4 Å². The molecule has 0 unspecified atom stereocenters. The molecule has 0 saturated heterocycles. The molecule has 0 aliphatic carbocycles. The highest BCUT2D eigenvalue weighted by Gasteiger charge is 2.28. The van der Waals surface area contributed by atoms with Gasteiger partial charge in [-0.1, -0.05) is 0 Å². The molecule has 0 radical (unpaired) electrons. The van der Waals surface area contributed by atoms with Gasteiger partial charge in [0.15, 0.2) is 0 Å². The number of carboxylic acids is 1. The van der Waals surface area contributed by atoms with E-state index >= 15 is 0 Å². The first-order valence-corrected chi connectivity index (χ1v) is 4.43. The van der Waals surface area contributed by atoms with E-state index in [9.17, 15) is 9.59 Å². The van der Waals surface area contributed by atoms with Crippen molar-refractivity contribution in [3.63, 3.8) is 0 Å². The number of methoxy groups -OCH3 is 1. The number of carbonyl (C=O) groups excluding carboxylic acids is 1. The summed E-state index contributed by atoms with van der Waals surface area (Å²) in [4.78, 5) is 21.9. The Hall–Kier alpha value is -1.10. The molecule has 0 spiro atoms. The van der Waals surface area contributed by atoms with Crippen LogP contribution < -0.4 is 5.32 Å². The minimum atomic E-state index is -1.20. The van der Waals surface area contributed by atoms with Gasteiger partial charge in [-0.25, -0.2) is 4.79 Å². The molecular weight excluding hydrogens is 186 g/mol. The molecule has 2 N–H and O–H groups in total. The van der Waals surface area contributed by atoms with E-state index in [1.807, 2.05) is 0 Å². The number of amides is 1. The summed E-state index contributed by atoms with van der Waals surface area (Å²) in [7, 11) is 1.55. The molecule has 0 bridgehead atoms. The highest BCUT2D eigenvalue weighted by molar-refractivity contribution is 5.86. The zero-order valence-corrected chi connectivity index (χ0v) is 8.79. The van der Waals surface area contributed by atoms with Gasteiger partial charge < -0.3 is 15.2 Å². The summed E-state index contributed by atoms with van der Waals surface area (Å²) >= 11 is 0. The van der Waals surface area contributed by atoms with Gasteiger partial charge in [0.25, 0.3) is 0 Å². The molecule has 0 aliphatic rings. The maximum Gasteiger partial charge on any atom is 0.328 e. The van der Waals surface area contributed by atoms with Crippen molar-refractivity contribution < 1.29 is 19.4 Å². The van der Waals surface area contributed by atoms with E-state index in [1.165, 1.54) is 13.8 Å². The van der Waals surface area contributed by atoms with E-state index in [0.717, 1.165) is 0 Å². The first kappa shape index (κ1) is 12.9. The Morgan fingerprint density at radius 1 is 1.43 bits per heavy atom. The van der Waals surface area contributed by atoms with Gasteiger partial charge in [-0.05, 0) is 20.3 Å². The Bertz CT molecular complexity index is 213. The standard InChI is InChI=1S/C9H17NO4/c1-9(2,8(12)13)10-7(11)5-4-6-14-3/h4-6H2,1-3H3,(H,10,11)(H,12,13). The summed E-state index contributed by atoms with van der Waals surface area (Å²) < 4.78 is 4.77. The Morgan fingerprint density at radius 2 is 2.00 bits per heavy atom. The molecule has 0 aromatic heterocycles. The molecule has 0 saturated carbocycles. The smallest absolute Gasteiger partial charge is 0.328 e. The normalized spacial score (nSPS) is 11.1. The minimum Gasteiger partial charge on any atom is -0.480 e. The van der Waals surface area contributed by atoms with Crippen LogP contribution in [0.4, 0.5) is 0 Å². The molecular formula is C9H17NO4. The molecule has 0 rings (SSSR count). The molecule has 82 valence electrons. The quantitative estimate of drug-likeness (QED) is 0.612. The fraction of sp³-hybridized carbons (Fsp3) is 0.778. The zero-order chi connectivity index (χ0) is 11.2. The summed E-state index contributed by atoms with van der Waals surface area (Å²) in [6.45, 7) is 3.40. The summed E-state index contributed by atoms with van der Waals surface area (Å²) in [5.41, 5.74) is -1.20. The van der Waals surface area contributed by atoms with Crippen LogP contribution in [-0.4, -0.2) is 36.2 Å². The summed E-state index contributed by atoms with van der Waals surface area (Å²) in [5.74, 6) is -1.31. The van der Waals surface area contributed by atoms with Crippen LogP contribution in [0.2, 0.25) is 0 Å². The number of hydrogen-bond donors (Lipinski definition) is 2. The van der Waals surface area contributed by atoms with Crippen molar-refractivity contribution in [2.75, 3.05) is 13.7 Å².